The maximum absolute atomic E-state index is 2.45. The van der Waals surface area contributed by atoms with E-state index in [1.54, 1.807) is 0 Å². The zero-order valence-corrected chi connectivity index (χ0v) is 40.6. The number of hydrogen-bond donors (Lipinski definition) is 0. The van der Waals surface area contributed by atoms with Gasteiger partial charge in [-0.25, -0.2) is 0 Å². The van der Waals surface area contributed by atoms with Crippen LogP contribution >= 0.6 is 0 Å². The lowest BCUT2D eigenvalue weighted by Gasteiger charge is -2.15. The third-order valence-corrected chi connectivity index (χ3v) is 14.9. The van der Waals surface area contributed by atoms with Crippen molar-refractivity contribution < 1.29 is 0 Å². The molecule has 0 aliphatic heterocycles. The van der Waals surface area contributed by atoms with Crippen LogP contribution in [0.3, 0.4) is 0 Å². The molecule has 0 aliphatic rings. The van der Waals surface area contributed by atoms with E-state index >= 15 is 0 Å². The molecule has 0 amide bonds. The quantitative estimate of drug-likeness (QED) is 0.136. The molecule has 0 fully saturated rings. The SMILES string of the molecule is c1ccc(-c2ccc(-n3c4ccccc4c4cc(-c5ccc6c(c5)c5ccccc5n6-c5ccccc5-c5ccc(-c6cccc(-c7cccc(-c8cccc(-c9ccccc9)c8)c7)c6)cc5)ccc43)cc2)cc1. The van der Waals surface area contributed by atoms with Crippen molar-refractivity contribution in [1.82, 2.24) is 9.13 Å². The summed E-state index contributed by atoms with van der Waals surface area (Å²) in [5.74, 6) is 0. The summed E-state index contributed by atoms with van der Waals surface area (Å²) in [5.41, 5.74) is 23.9. The van der Waals surface area contributed by atoms with Crippen LogP contribution in [0, 0.1) is 0 Å². The summed E-state index contributed by atoms with van der Waals surface area (Å²) in [6, 6.07) is 106. The molecule has 0 radical (unpaired) electrons. The lowest BCUT2D eigenvalue weighted by Crippen LogP contribution is -1.97. The van der Waals surface area contributed by atoms with Crippen molar-refractivity contribution in [2.24, 2.45) is 0 Å². The van der Waals surface area contributed by atoms with Gasteiger partial charge in [0.2, 0.25) is 0 Å². The Kier molecular flexibility index (Phi) is 10.6. The summed E-state index contributed by atoms with van der Waals surface area (Å²) in [4.78, 5) is 0. The normalized spacial score (nSPS) is 11.5. The van der Waals surface area contributed by atoms with Crippen LogP contribution in [0.2, 0.25) is 0 Å². The second-order valence-corrected chi connectivity index (χ2v) is 19.3. The highest BCUT2D eigenvalue weighted by molar-refractivity contribution is 6.13. The highest BCUT2D eigenvalue weighted by Crippen LogP contribution is 2.41. The molecule has 74 heavy (non-hydrogen) atoms. The van der Waals surface area contributed by atoms with Crippen LogP contribution in [0.5, 0.6) is 0 Å². The fourth-order valence-electron chi connectivity index (χ4n) is 11.3. The van der Waals surface area contributed by atoms with E-state index in [0.717, 1.165) is 11.4 Å². The minimum Gasteiger partial charge on any atom is -0.309 e. The van der Waals surface area contributed by atoms with Gasteiger partial charge in [-0.1, -0.05) is 218 Å². The lowest BCUT2D eigenvalue weighted by atomic mass is 9.94. The molecule has 2 heteroatoms. The Morgan fingerprint density at radius 1 is 0.176 bits per heavy atom. The van der Waals surface area contributed by atoms with E-state index in [9.17, 15) is 0 Å². The second kappa shape index (κ2) is 18.1. The van der Waals surface area contributed by atoms with Crippen molar-refractivity contribution >= 4 is 43.6 Å². The predicted molar refractivity (Wildman–Crippen MR) is 313 cm³/mol. The van der Waals surface area contributed by atoms with Crippen LogP contribution < -0.4 is 0 Å². The van der Waals surface area contributed by atoms with Crippen LogP contribution in [0.1, 0.15) is 0 Å². The van der Waals surface area contributed by atoms with Gasteiger partial charge in [-0.3, -0.25) is 0 Å². The molecule has 0 saturated carbocycles. The minimum atomic E-state index is 1.15. The van der Waals surface area contributed by atoms with Gasteiger partial charge >= 0.3 is 0 Å². The molecule has 2 heterocycles. The summed E-state index contributed by atoms with van der Waals surface area (Å²) in [7, 11) is 0. The van der Waals surface area contributed by atoms with Gasteiger partial charge in [0, 0.05) is 32.8 Å². The molecule has 2 nitrogen and oxygen atoms in total. The van der Waals surface area contributed by atoms with Crippen LogP contribution in [-0.2, 0) is 0 Å². The van der Waals surface area contributed by atoms with Crippen LogP contribution in [0.4, 0.5) is 0 Å². The zero-order valence-electron chi connectivity index (χ0n) is 40.6. The first-order valence-corrected chi connectivity index (χ1v) is 25.5. The largest absolute Gasteiger partial charge is 0.309 e. The topological polar surface area (TPSA) is 9.86 Å². The van der Waals surface area contributed by atoms with Gasteiger partial charge < -0.3 is 9.13 Å². The first-order valence-electron chi connectivity index (χ1n) is 25.5. The number of para-hydroxylation sites is 3. The molecule has 0 spiro atoms. The van der Waals surface area contributed by atoms with E-state index in [0.29, 0.717) is 0 Å². The Hall–Kier alpha value is -9.76. The first kappa shape index (κ1) is 43.1. The summed E-state index contributed by atoms with van der Waals surface area (Å²) >= 11 is 0. The number of fused-ring (bicyclic) bond motifs is 6. The fraction of sp³-hybridized carbons (Fsp3) is 0. The number of rotatable bonds is 9. The second-order valence-electron chi connectivity index (χ2n) is 19.3. The van der Waals surface area contributed by atoms with E-state index < -0.39 is 0 Å². The van der Waals surface area contributed by atoms with Gasteiger partial charge in [-0.05, 0) is 145 Å². The molecule has 0 unspecified atom stereocenters. The molecule has 2 aromatic heterocycles. The molecular weight excluding hydrogens is 893 g/mol. The summed E-state index contributed by atoms with van der Waals surface area (Å²) in [6.45, 7) is 0. The van der Waals surface area contributed by atoms with Gasteiger partial charge in [-0.15, -0.1) is 0 Å². The van der Waals surface area contributed by atoms with Crippen molar-refractivity contribution in [1.29, 1.82) is 0 Å². The Morgan fingerprint density at radius 2 is 0.500 bits per heavy atom. The molecule has 0 aliphatic carbocycles. The van der Waals surface area contributed by atoms with Gasteiger partial charge in [0.15, 0.2) is 0 Å². The summed E-state index contributed by atoms with van der Waals surface area (Å²) in [5, 5.41) is 4.95. The maximum Gasteiger partial charge on any atom is 0.0541 e. The Labute approximate surface area is 431 Å². The van der Waals surface area contributed by atoms with E-state index in [2.05, 4.69) is 300 Å². The minimum absolute atomic E-state index is 1.15. The van der Waals surface area contributed by atoms with Gasteiger partial charge in [0.1, 0.15) is 0 Å². The Morgan fingerprint density at radius 3 is 1.04 bits per heavy atom. The highest BCUT2D eigenvalue weighted by atomic mass is 15.0. The Balaban J connectivity index is 0.785. The van der Waals surface area contributed by atoms with Crippen molar-refractivity contribution in [2.45, 2.75) is 0 Å². The molecule has 12 aromatic carbocycles. The van der Waals surface area contributed by atoms with E-state index in [1.807, 2.05) is 0 Å². The van der Waals surface area contributed by atoms with Gasteiger partial charge in [0.25, 0.3) is 0 Å². The van der Waals surface area contributed by atoms with Crippen molar-refractivity contribution in [3.63, 3.8) is 0 Å². The van der Waals surface area contributed by atoms with Gasteiger partial charge in [-0.2, -0.15) is 0 Å². The number of aromatic nitrogens is 2. The van der Waals surface area contributed by atoms with Gasteiger partial charge in [0.05, 0.1) is 27.8 Å². The summed E-state index contributed by atoms with van der Waals surface area (Å²) in [6.07, 6.45) is 0. The predicted octanol–water partition coefficient (Wildman–Crippen LogP) is 19.5. The van der Waals surface area contributed by atoms with Crippen LogP contribution in [-0.4, -0.2) is 9.13 Å². The fourth-order valence-corrected chi connectivity index (χ4v) is 11.3. The Bertz CT molecular complexity index is 4390. The number of benzene rings is 12. The molecule has 14 rings (SSSR count). The molecule has 0 bridgehead atoms. The molecule has 346 valence electrons. The first-order chi connectivity index (χ1) is 36.7. The molecule has 0 atom stereocenters. The highest BCUT2D eigenvalue weighted by Gasteiger charge is 2.18. The van der Waals surface area contributed by atoms with E-state index in [1.165, 1.54) is 122 Å². The number of hydrogen-bond acceptors (Lipinski definition) is 0. The monoisotopic (exact) mass is 940 g/mol. The molecule has 0 saturated heterocycles. The third-order valence-electron chi connectivity index (χ3n) is 14.9. The third kappa shape index (κ3) is 7.60. The van der Waals surface area contributed by atoms with E-state index in [4.69, 9.17) is 0 Å². The maximum atomic E-state index is 2.45. The molecule has 0 N–H and O–H groups in total. The average molecular weight is 941 g/mol. The van der Waals surface area contributed by atoms with Crippen molar-refractivity contribution in [3.8, 4) is 89.3 Å². The van der Waals surface area contributed by atoms with Crippen molar-refractivity contribution in [3.05, 3.63) is 291 Å². The molecular formula is C72H48N2. The lowest BCUT2D eigenvalue weighted by molar-refractivity contribution is 1.18. The van der Waals surface area contributed by atoms with Crippen LogP contribution in [0.15, 0.2) is 291 Å². The standard InChI is InChI=1S/C72H48N2/c1-3-16-49(17-4-1)51-36-40-62(41-37-51)73-69-30-11-8-27-64(69)66-47-60(38-42-71(66)73)61-39-43-72-67(48-61)65-28-9-12-31-70(65)74(72)68-29-10-7-26-63(68)53-34-32-52(33-35-53)55-21-14-23-57(45-55)59-25-15-24-58(46-59)56-22-13-20-54(44-56)50-18-5-2-6-19-50/h1-48H. The zero-order chi connectivity index (χ0) is 49.0. The van der Waals surface area contributed by atoms with Crippen molar-refractivity contribution in [2.75, 3.05) is 0 Å². The number of nitrogens with zero attached hydrogens (tertiary/aromatic N) is 2. The smallest absolute Gasteiger partial charge is 0.0541 e. The summed E-state index contributed by atoms with van der Waals surface area (Å²) < 4.78 is 4.85. The average Bonchev–Trinajstić information content (AvgIpc) is 4.01. The molecule has 14 aromatic rings. The van der Waals surface area contributed by atoms with E-state index in [-0.39, 0.29) is 0 Å². The van der Waals surface area contributed by atoms with Crippen LogP contribution in [0.25, 0.3) is 133 Å².